The largest absolute Gasteiger partial charge is 0.416 e. The number of hydrogen-bond donors (Lipinski definition) is 2. The molecule has 1 aromatic carbocycles. The molecule has 0 aromatic heterocycles. The molecule has 25 heavy (non-hydrogen) atoms. The number of anilines is 1. The number of benzene rings is 1. The lowest BCUT2D eigenvalue weighted by Crippen LogP contribution is -2.31. The van der Waals surface area contributed by atoms with Crippen molar-refractivity contribution in [3.8, 4) is 0 Å². The number of nitrogens with one attached hydrogen (secondary N) is 2. The maximum absolute atomic E-state index is 12.6. The second kappa shape index (κ2) is 8.66. The summed E-state index contributed by atoms with van der Waals surface area (Å²) >= 11 is 0. The monoisotopic (exact) mass is 380 g/mol. The predicted molar refractivity (Wildman–Crippen MR) is 90.7 cm³/mol. The Morgan fingerprint density at radius 1 is 1.20 bits per heavy atom. The highest BCUT2D eigenvalue weighted by atomic mass is 32.2. The number of carbonyl (C=O) groups excluding carboxylic acids is 1. The highest BCUT2D eigenvalue weighted by Gasteiger charge is 2.30. The maximum atomic E-state index is 12.6. The average molecular weight is 380 g/mol. The van der Waals surface area contributed by atoms with Crippen LogP contribution in [0.25, 0.3) is 0 Å². The zero-order chi connectivity index (χ0) is 19.3. The molecule has 1 rings (SSSR count). The second-order valence-electron chi connectivity index (χ2n) is 6.02. The third-order valence-electron chi connectivity index (χ3n) is 3.58. The molecular formula is C16H23F3N2O3S. The number of hydrogen-bond acceptors (Lipinski definition) is 3. The molecule has 0 bridgehead atoms. The third kappa shape index (κ3) is 7.03. The van der Waals surface area contributed by atoms with E-state index in [2.05, 4.69) is 10.0 Å². The van der Waals surface area contributed by atoms with Crippen LogP contribution in [0.2, 0.25) is 0 Å². The molecule has 0 unspecified atom stereocenters. The Kier molecular flexibility index (Phi) is 7.43. The zero-order valence-electron chi connectivity index (χ0n) is 14.4. The van der Waals surface area contributed by atoms with Crippen molar-refractivity contribution in [3.63, 3.8) is 0 Å². The van der Waals surface area contributed by atoms with Crippen LogP contribution in [0.15, 0.2) is 18.2 Å². The summed E-state index contributed by atoms with van der Waals surface area (Å²) in [7, 11) is -3.31. The van der Waals surface area contributed by atoms with Crippen molar-refractivity contribution in [2.75, 3.05) is 11.9 Å². The molecule has 2 N–H and O–H groups in total. The lowest BCUT2D eigenvalue weighted by atomic mass is 10.1. The highest BCUT2D eigenvalue weighted by Crippen LogP contribution is 2.31. The van der Waals surface area contributed by atoms with E-state index in [0.29, 0.717) is 24.1 Å². The van der Waals surface area contributed by atoms with E-state index in [1.807, 2.05) is 0 Å². The van der Waals surface area contributed by atoms with Gasteiger partial charge in [-0.2, -0.15) is 13.2 Å². The SMILES string of the molecule is Cc1cc(C(F)(F)F)ccc1NC(=O)CCCCNS(=O)(=O)C(C)C. The van der Waals surface area contributed by atoms with E-state index in [-0.39, 0.29) is 18.9 Å². The Balaban J connectivity index is 2.43. The fourth-order valence-electron chi connectivity index (χ4n) is 1.98. The molecule has 0 aliphatic rings. The van der Waals surface area contributed by atoms with Crippen molar-refractivity contribution in [3.05, 3.63) is 29.3 Å². The summed E-state index contributed by atoms with van der Waals surface area (Å²) < 4.78 is 63.3. The first-order valence-electron chi connectivity index (χ1n) is 7.89. The molecule has 0 spiro atoms. The van der Waals surface area contributed by atoms with Gasteiger partial charge in [0.1, 0.15) is 0 Å². The lowest BCUT2D eigenvalue weighted by molar-refractivity contribution is -0.137. The first-order chi connectivity index (χ1) is 11.4. The van der Waals surface area contributed by atoms with Gasteiger partial charge in [0.25, 0.3) is 0 Å². The van der Waals surface area contributed by atoms with Crippen LogP contribution in [0.5, 0.6) is 0 Å². The summed E-state index contributed by atoms with van der Waals surface area (Å²) in [6.07, 6.45) is -3.31. The normalized spacial score (nSPS) is 12.4. The van der Waals surface area contributed by atoms with Crippen molar-refractivity contribution in [2.24, 2.45) is 0 Å². The standard InChI is InChI=1S/C16H23F3N2O3S/c1-11(2)25(23,24)20-9-5-4-6-15(22)21-14-8-7-13(10-12(14)3)16(17,18)19/h7-8,10-11,20H,4-6,9H2,1-3H3,(H,21,22). The highest BCUT2D eigenvalue weighted by molar-refractivity contribution is 7.90. The van der Waals surface area contributed by atoms with E-state index in [0.717, 1.165) is 12.1 Å². The molecule has 5 nitrogen and oxygen atoms in total. The van der Waals surface area contributed by atoms with Gasteiger partial charge in [0, 0.05) is 18.7 Å². The van der Waals surface area contributed by atoms with E-state index in [4.69, 9.17) is 0 Å². The quantitative estimate of drug-likeness (QED) is 0.679. The van der Waals surface area contributed by atoms with Gasteiger partial charge in [-0.05, 0) is 57.4 Å². The van der Waals surface area contributed by atoms with E-state index in [1.165, 1.54) is 13.0 Å². The van der Waals surface area contributed by atoms with Crippen LogP contribution in [-0.4, -0.2) is 26.1 Å². The first kappa shape index (κ1) is 21.4. The Bertz CT molecular complexity index is 701. The summed E-state index contributed by atoms with van der Waals surface area (Å²) in [4.78, 5) is 11.8. The Morgan fingerprint density at radius 3 is 2.36 bits per heavy atom. The summed E-state index contributed by atoms with van der Waals surface area (Å²) in [5, 5.41) is 2.05. The van der Waals surface area contributed by atoms with Crippen molar-refractivity contribution < 1.29 is 26.4 Å². The van der Waals surface area contributed by atoms with Gasteiger partial charge in [-0.15, -0.1) is 0 Å². The molecule has 142 valence electrons. The van der Waals surface area contributed by atoms with Crippen LogP contribution in [0.4, 0.5) is 18.9 Å². The van der Waals surface area contributed by atoms with Gasteiger partial charge in [-0.3, -0.25) is 4.79 Å². The van der Waals surface area contributed by atoms with Gasteiger partial charge in [0.2, 0.25) is 15.9 Å². The Morgan fingerprint density at radius 2 is 1.84 bits per heavy atom. The topological polar surface area (TPSA) is 75.3 Å². The van der Waals surface area contributed by atoms with Crippen LogP contribution in [0.1, 0.15) is 44.2 Å². The van der Waals surface area contributed by atoms with Crippen molar-refractivity contribution >= 4 is 21.6 Å². The molecule has 0 saturated carbocycles. The summed E-state index contributed by atoms with van der Waals surface area (Å²) in [6, 6.07) is 3.13. The van der Waals surface area contributed by atoms with Crippen LogP contribution in [0, 0.1) is 6.92 Å². The molecule has 0 aliphatic heterocycles. The van der Waals surface area contributed by atoms with Gasteiger partial charge in [-0.1, -0.05) is 0 Å². The number of rotatable bonds is 8. The van der Waals surface area contributed by atoms with Gasteiger partial charge < -0.3 is 5.32 Å². The summed E-state index contributed by atoms with van der Waals surface area (Å²) in [5.74, 6) is -0.324. The zero-order valence-corrected chi connectivity index (χ0v) is 15.2. The molecular weight excluding hydrogens is 357 g/mol. The lowest BCUT2D eigenvalue weighted by Gasteiger charge is -2.12. The second-order valence-corrected chi connectivity index (χ2v) is 8.34. The molecule has 0 saturated heterocycles. The first-order valence-corrected chi connectivity index (χ1v) is 9.44. The van der Waals surface area contributed by atoms with Crippen LogP contribution < -0.4 is 10.0 Å². The molecule has 0 radical (unpaired) electrons. The van der Waals surface area contributed by atoms with Gasteiger partial charge in [-0.25, -0.2) is 13.1 Å². The van der Waals surface area contributed by atoms with Crippen LogP contribution >= 0.6 is 0 Å². The number of amides is 1. The van der Waals surface area contributed by atoms with Crippen molar-refractivity contribution in [1.82, 2.24) is 4.72 Å². The predicted octanol–water partition coefficient (Wildman–Crippen LogP) is 3.45. The minimum absolute atomic E-state index is 0.157. The number of aryl methyl sites for hydroxylation is 1. The molecule has 0 heterocycles. The number of carbonyl (C=O) groups is 1. The van der Waals surface area contributed by atoms with Crippen molar-refractivity contribution in [1.29, 1.82) is 0 Å². The van der Waals surface area contributed by atoms with E-state index in [9.17, 15) is 26.4 Å². The van der Waals surface area contributed by atoms with Crippen LogP contribution in [0.3, 0.4) is 0 Å². The molecule has 0 aliphatic carbocycles. The van der Waals surface area contributed by atoms with E-state index >= 15 is 0 Å². The van der Waals surface area contributed by atoms with Gasteiger partial charge in [0.05, 0.1) is 10.8 Å². The fourth-order valence-corrected chi connectivity index (χ4v) is 2.75. The average Bonchev–Trinajstić information content (AvgIpc) is 2.47. The fraction of sp³-hybridized carbons (Fsp3) is 0.562. The number of unbranched alkanes of at least 4 members (excludes halogenated alkanes) is 1. The van der Waals surface area contributed by atoms with Crippen molar-refractivity contribution in [2.45, 2.75) is 51.5 Å². The minimum atomic E-state index is -4.42. The molecule has 9 heteroatoms. The van der Waals surface area contributed by atoms with Gasteiger partial charge in [0.15, 0.2) is 0 Å². The van der Waals surface area contributed by atoms with E-state index in [1.54, 1.807) is 13.8 Å². The smallest absolute Gasteiger partial charge is 0.326 e. The van der Waals surface area contributed by atoms with Gasteiger partial charge >= 0.3 is 6.18 Å². The molecule has 1 aromatic rings. The summed E-state index contributed by atoms with van der Waals surface area (Å²) in [6.45, 7) is 4.88. The van der Waals surface area contributed by atoms with Crippen LogP contribution in [-0.2, 0) is 21.0 Å². The third-order valence-corrected chi connectivity index (χ3v) is 5.43. The Hall–Kier alpha value is -1.61. The Labute approximate surface area is 146 Å². The maximum Gasteiger partial charge on any atom is 0.416 e. The molecule has 1 amide bonds. The number of sulfonamides is 1. The molecule has 0 atom stereocenters. The van der Waals surface area contributed by atoms with E-state index < -0.39 is 27.0 Å². The summed E-state index contributed by atoms with van der Waals surface area (Å²) in [5.41, 5.74) is -0.105. The number of halogens is 3. The number of alkyl halides is 3. The minimum Gasteiger partial charge on any atom is -0.326 e. The molecule has 0 fully saturated rings.